The molecule has 0 saturated carbocycles. The first-order valence-corrected chi connectivity index (χ1v) is 17.3. The number of amides is 1. The zero-order valence-corrected chi connectivity index (χ0v) is 27.8. The molecule has 1 N–H and O–H groups in total. The first-order chi connectivity index (χ1) is 24.0. The largest absolute Gasteiger partial charge is 0.488 e. The first kappa shape index (κ1) is 32.5. The SMILES string of the molecule is CNC(=O)c1c(-c2ccc(F)cc2)oc2cc(N(C)S(C)(=O)=O)c(-c3cc(-c4nc5cccc(F)c5o4)ccc3OCc3ccccc3)cc12. The van der Waals surface area contributed by atoms with Crippen molar-refractivity contribution in [3.8, 4) is 39.7 Å². The maximum atomic E-state index is 14.6. The van der Waals surface area contributed by atoms with E-state index in [4.69, 9.17) is 13.6 Å². The van der Waals surface area contributed by atoms with Crippen molar-refractivity contribution >= 4 is 43.7 Å². The van der Waals surface area contributed by atoms with Crippen LogP contribution in [0.1, 0.15) is 15.9 Å². The summed E-state index contributed by atoms with van der Waals surface area (Å²) in [5.41, 5.74) is 3.51. The van der Waals surface area contributed by atoms with Crippen LogP contribution in [0.5, 0.6) is 5.75 Å². The smallest absolute Gasteiger partial charge is 0.255 e. The molecule has 9 nitrogen and oxygen atoms in total. The molecule has 50 heavy (non-hydrogen) atoms. The molecule has 0 fully saturated rings. The summed E-state index contributed by atoms with van der Waals surface area (Å²) in [7, 11) is -0.951. The van der Waals surface area contributed by atoms with Crippen LogP contribution in [0.25, 0.3) is 56.0 Å². The van der Waals surface area contributed by atoms with Crippen LogP contribution in [0.3, 0.4) is 0 Å². The molecular formula is C38H29F2N3O6S. The molecule has 7 rings (SSSR count). The Bertz CT molecular complexity index is 2510. The number of fused-ring (bicyclic) bond motifs is 2. The number of furan rings is 1. The van der Waals surface area contributed by atoms with Crippen molar-refractivity contribution in [2.45, 2.75) is 6.61 Å². The van der Waals surface area contributed by atoms with Crippen molar-refractivity contribution < 1.29 is 35.6 Å². The number of sulfonamides is 1. The van der Waals surface area contributed by atoms with Gasteiger partial charge in [0.1, 0.15) is 35.0 Å². The number of nitrogens with one attached hydrogen (secondary N) is 1. The van der Waals surface area contributed by atoms with Gasteiger partial charge in [-0.3, -0.25) is 9.10 Å². The highest BCUT2D eigenvalue weighted by atomic mass is 32.2. The summed E-state index contributed by atoms with van der Waals surface area (Å²) < 4.78 is 74.1. The van der Waals surface area contributed by atoms with Crippen LogP contribution in [0, 0.1) is 11.6 Å². The number of aromatic nitrogens is 1. The van der Waals surface area contributed by atoms with Gasteiger partial charge >= 0.3 is 0 Å². The number of oxazole rings is 1. The molecule has 2 heterocycles. The molecular weight excluding hydrogens is 664 g/mol. The van der Waals surface area contributed by atoms with Gasteiger partial charge in [0.05, 0.1) is 17.5 Å². The summed E-state index contributed by atoms with van der Waals surface area (Å²) in [6, 6.07) is 27.8. The lowest BCUT2D eigenvalue weighted by molar-refractivity contribution is 0.0964. The molecule has 0 unspecified atom stereocenters. The van der Waals surface area contributed by atoms with Gasteiger partial charge in [0.15, 0.2) is 11.4 Å². The van der Waals surface area contributed by atoms with E-state index in [0.717, 1.165) is 16.1 Å². The van der Waals surface area contributed by atoms with Crippen LogP contribution in [0.2, 0.25) is 0 Å². The number of hydrogen-bond donors (Lipinski definition) is 1. The summed E-state index contributed by atoms with van der Waals surface area (Å²) in [6.45, 7) is 0.185. The average molecular weight is 694 g/mol. The maximum Gasteiger partial charge on any atom is 0.255 e. The van der Waals surface area contributed by atoms with E-state index in [1.54, 1.807) is 30.3 Å². The quantitative estimate of drug-likeness (QED) is 0.162. The molecule has 0 aliphatic heterocycles. The fourth-order valence-corrected chi connectivity index (χ4v) is 6.22. The van der Waals surface area contributed by atoms with Gasteiger partial charge in [0.2, 0.25) is 15.9 Å². The van der Waals surface area contributed by atoms with Gasteiger partial charge < -0.3 is 18.9 Å². The van der Waals surface area contributed by atoms with Crippen molar-refractivity contribution in [3.63, 3.8) is 0 Å². The molecule has 12 heteroatoms. The number of carbonyl (C=O) groups is 1. The van der Waals surface area contributed by atoms with Crippen molar-refractivity contribution in [3.05, 3.63) is 126 Å². The molecule has 2 aromatic heterocycles. The van der Waals surface area contributed by atoms with Crippen molar-refractivity contribution in [1.82, 2.24) is 10.3 Å². The van der Waals surface area contributed by atoms with E-state index in [-0.39, 0.29) is 40.7 Å². The number of anilines is 1. The predicted octanol–water partition coefficient (Wildman–Crippen LogP) is 8.19. The summed E-state index contributed by atoms with van der Waals surface area (Å²) >= 11 is 0. The van der Waals surface area contributed by atoms with Crippen molar-refractivity contribution in [1.29, 1.82) is 0 Å². The molecule has 0 radical (unpaired) electrons. The number of para-hydroxylation sites is 1. The number of benzene rings is 5. The van der Waals surface area contributed by atoms with Gasteiger partial charge in [-0.15, -0.1) is 0 Å². The lowest BCUT2D eigenvalue weighted by Crippen LogP contribution is -2.25. The fraction of sp³-hybridized carbons (Fsp3) is 0.105. The monoisotopic (exact) mass is 693 g/mol. The predicted molar refractivity (Wildman–Crippen MR) is 187 cm³/mol. The molecule has 0 atom stereocenters. The van der Waals surface area contributed by atoms with Gasteiger partial charge in [-0.1, -0.05) is 36.4 Å². The van der Waals surface area contributed by atoms with E-state index in [9.17, 15) is 22.0 Å². The van der Waals surface area contributed by atoms with E-state index in [2.05, 4.69) is 10.3 Å². The minimum Gasteiger partial charge on any atom is -0.488 e. The van der Waals surface area contributed by atoms with Gasteiger partial charge in [-0.05, 0) is 66.2 Å². The molecule has 0 aliphatic rings. The Kier molecular flexibility index (Phi) is 8.32. The second-order valence-electron chi connectivity index (χ2n) is 11.6. The van der Waals surface area contributed by atoms with Gasteiger partial charge in [0, 0.05) is 47.8 Å². The Morgan fingerprint density at radius 1 is 0.880 bits per heavy atom. The standard InChI is InChI=1S/C38H29F2N3O6S/c1-41-37(44)34-28-19-26(31(43(2)50(3,45)46)20-33(28)48-35(34)23-12-15-25(39)16-13-23)27-18-24(38-42-30-11-7-10-29(40)36(30)49-38)14-17-32(27)47-21-22-8-5-4-6-9-22/h4-20H,21H2,1-3H3,(H,41,44). The van der Waals surface area contributed by atoms with E-state index in [0.29, 0.717) is 38.9 Å². The lowest BCUT2D eigenvalue weighted by Gasteiger charge is -2.22. The van der Waals surface area contributed by atoms with Crippen LogP contribution < -0.4 is 14.4 Å². The Morgan fingerprint density at radius 3 is 2.32 bits per heavy atom. The second-order valence-corrected chi connectivity index (χ2v) is 13.6. The Balaban J connectivity index is 1.50. The molecule has 0 aliphatic carbocycles. The topological polar surface area (TPSA) is 115 Å². The van der Waals surface area contributed by atoms with E-state index in [1.807, 2.05) is 30.3 Å². The van der Waals surface area contributed by atoms with E-state index in [1.165, 1.54) is 56.6 Å². The lowest BCUT2D eigenvalue weighted by atomic mass is 9.96. The number of carbonyl (C=O) groups excluding carboxylic acids is 1. The van der Waals surface area contributed by atoms with Crippen LogP contribution in [0.15, 0.2) is 112 Å². The van der Waals surface area contributed by atoms with Gasteiger partial charge in [-0.25, -0.2) is 22.2 Å². The normalized spacial score (nSPS) is 11.6. The second kappa shape index (κ2) is 12.8. The summed E-state index contributed by atoms with van der Waals surface area (Å²) in [4.78, 5) is 17.9. The highest BCUT2D eigenvalue weighted by molar-refractivity contribution is 7.92. The van der Waals surface area contributed by atoms with Crippen LogP contribution in [0.4, 0.5) is 14.5 Å². The maximum absolute atomic E-state index is 14.6. The third kappa shape index (κ3) is 6.05. The van der Waals surface area contributed by atoms with E-state index >= 15 is 0 Å². The van der Waals surface area contributed by atoms with Gasteiger partial charge in [-0.2, -0.15) is 0 Å². The zero-order valence-electron chi connectivity index (χ0n) is 27.0. The highest BCUT2D eigenvalue weighted by Gasteiger charge is 2.27. The summed E-state index contributed by atoms with van der Waals surface area (Å²) in [5, 5.41) is 3.01. The minimum atomic E-state index is -3.83. The molecule has 7 aromatic rings. The number of rotatable bonds is 9. The van der Waals surface area contributed by atoms with Crippen LogP contribution in [-0.2, 0) is 16.6 Å². The van der Waals surface area contributed by atoms with E-state index < -0.39 is 27.6 Å². The van der Waals surface area contributed by atoms with Gasteiger partial charge in [0.25, 0.3) is 5.91 Å². The number of hydrogen-bond acceptors (Lipinski definition) is 7. The Morgan fingerprint density at radius 2 is 1.62 bits per heavy atom. The zero-order chi connectivity index (χ0) is 35.2. The number of nitrogens with zero attached hydrogens (tertiary/aromatic N) is 2. The third-order valence-corrected chi connectivity index (χ3v) is 9.52. The highest BCUT2D eigenvalue weighted by Crippen LogP contribution is 2.45. The number of halogens is 2. The summed E-state index contributed by atoms with van der Waals surface area (Å²) in [5.74, 6) is -0.812. The molecule has 0 spiro atoms. The Labute approximate surface area is 285 Å². The van der Waals surface area contributed by atoms with Crippen molar-refractivity contribution in [2.75, 3.05) is 24.7 Å². The number of ether oxygens (including phenoxy) is 1. The molecule has 1 amide bonds. The van der Waals surface area contributed by atoms with Crippen LogP contribution >= 0.6 is 0 Å². The molecule has 0 saturated heterocycles. The van der Waals surface area contributed by atoms with Crippen molar-refractivity contribution in [2.24, 2.45) is 0 Å². The third-order valence-electron chi connectivity index (χ3n) is 8.32. The van der Waals surface area contributed by atoms with Crippen LogP contribution in [-0.4, -0.2) is 39.7 Å². The average Bonchev–Trinajstić information content (AvgIpc) is 3.73. The first-order valence-electron chi connectivity index (χ1n) is 15.4. The fourth-order valence-electron chi connectivity index (χ4n) is 5.72. The molecule has 252 valence electrons. The Hall–Kier alpha value is -6.01. The summed E-state index contributed by atoms with van der Waals surface area (Å²) in [6.07, 6.45) is 1.07. The minimum absolute atomic E-state index is 0.00527. The molecule has 5 aromatic carbocycles. The molecule has 0 bridgehead atoms.